The van der Waals surface area contributed by atoms with Crippen LogP contribution < -0.4 is 0 Å². The first-order valence-electron chi connectivity index (χ1n) is 8.38. The predicted molar refractivity (Wildman–Crippen MR) is 87.4 cm³/mol. The molecule has 0 aromatic heterocycles. The van der Waals surface area contributed by atoms with Crippen LogP contribution in [-0.4, -0.2) is 17.9 Å². The second-order valence-corrected chi connectivity index (χ2v) is 9.36. The van der Waals surface area contributed by atoms with E-state index in [1.54, 1.807) is 26.8 Å². The van der Waals surface area contributed by atoms with Gasteiger partial charge >= 0.3 is 152 Å². The molecule has 1 aromatic rings. The first-order valence-corrected chi connectivity index (χ1v) is 11.2. The molecule has 1 atom stereocenters. The predicted octanol–water partition coefficient (Wildman–Crippen LogP) is 3.51. The van der Waals surface area contributed by atoms with Gasteiger partial charge in [0.1, 0.15) is 0 Å². The van der Waals surface area contributed by atoms with Crippen LogP contribution in [0, 0.1) is 0 Å². The van der Waals surface area contributed by atoms with Gasteiger partial charge in [-0.1, -0.05) is 0 Å². The summed E-state index contributed by atoms with van der Waals surface area (Å²) in [5.74, 6) is -1.65. The van der Waals surface area contributed by atoms with E-state index in [0.717, 1.165) is 11.1 Å². The molecule has 6 nitrogen and oxygen atoms in total. The molecular formula is C18H22O6Ti. The molecule has 1 aliphatic carbocycles. The summed E-state index contributed by atoms with van der Waals surface area (Å²) in [5.41, 5.74) is 1.76. The molecule has 0 aliphatic heterocycles. The zero-order chi connectivity index (χ0) is 18.4. The van der Waals surface area contributed by atoms with Gasteiger partial charge < -0.3 is 0 Å². The van der Waals surface area contributed by atoms with E-state index >= 15 is 0 Å². The van der Waals surface area contributed by atoms with Gasteiger partial charge in [0, 0.05) is 0 Å². The molecule has 0 fully saturated rings. The van der Waals surface area contributed by atoms with Crippen LogP contribution in [0.5, 0.6) is 0 Å². The molecule has 1 aliphatic rings. The minimum atomic E-state index is -4.65. The van der Waals surface area contributed by atoms with Crippen molar-refractivity contribution in [2.24, 2.45) is 0 Å². The van der Waals surface area contributed by atoms with E-state index in [0.29, 0.717) is 0 Å². The zero-order valence-corrected chi connectivity index (χ0v) is 16.2. The van der Waals surface area contributed by atoms with Crippen molar-refractivity contribution >= 4 is 24.0 Å². The third-order valence-electron chi connectivity index (χ3n) is 3.81. The van der Waals surface area contributed by atoms with Crippen LogP contribution in [0.15, 0.2) is 30.3 Å². The van der Waals surface area contributed by atoms with Crippen LogP contribution in [-0.2, 0) is 42.1 Å². The van der Waals surface area contributed by atoms with E-state index in [9.17, 15) is 14.4 Å². The molecular weight excluding hydrogens is 360 g/mol. The van der Waals surface area contributed by atoms with Crippen LogP contribution in [0.25, 0.3) is 6.08 Å². The Morgan fingerprint density at radius 3 is 1.84 bits per heavy atom. The molecule has 0 amide bonds. The molecule has 0 radical (unpaired) electrons. The SMILES string of the molecule is CCC(=O)[O][Ti]([O]C(=O)CC)([O]C(=O)CC)[CH]1C=Cc2ccccc21. The number of benzene rings is 1. The van der Waals surface area contributed by atoms with Crippen LogP contribution in [0.3, 0.4) is 0 Å². The fourth-order valence-electron chi connectivity index (χ4n) is 2.50. The fourth-order valence-corrected chi connectivity index (χ4v) is 6.98. The van der Waals surface area contributed by atoms with Crippen LogP contribution in [0.2, 0.25) is 0 Å². The van der Waals surface area contributed by atoms with Gasteiger partial charge in [0.25, 0.3) is 0 Å². The summed E-state index contributed by atoms with van der Waals surface area (Å²) in [5, 5.41) is 0. The van der Waals surface area contributed by atoms with E-state index in [1.807, 2.05) is 30.3 Å². The monoisotopic (exact) mass is 382 g/mol. The molecule has 134 valence electrons. The number of fused-ring (bicyclic) bond motifs is 1. The van der Waals surface area contributed by atoms with Crippen molar-refractivity contribution in [1.29, 1.82) is 0 Å². The number of carbonyl (C=O) groups excluding carboxylic acids is 3. The molecule has 0 saturated carbocycles. The Hall–Kier alpha value is -1.92. The Bertz CT molecular complexity index is 651. The van der Waals surface area contributed by atoms with Crippen LogP contribution in [0.1, 0.15) is 55.4 Å². The van der Waals surface area contributed by atoms with Crippen molar-refractivity contribution in [2.75, 3.05) is 0 Å². The molecule has 7 heteroatoms. The van der Waals surface area contributed by atoms with Crippen molar-refractivity contribution in [3.05, 3.63) is 41.5 Å². The van der Waals surface area contributed by atoms with Gasteiger partial charge in [0.15, 0.2) is 0 Å². The number of allylic oxidation sites excluding steroid dienone is 1. The molecule has 0 bridgehead atoms. The minimum absolute atomic E-state index is 0.0957. The molecule has 1 unspecified atom stereocenters. The van der Waals surface area contributed by atoms with Gasteiger partial charge in [-0.3, -0.25) is 0 Å². The van der Waals surface area contributed by atoms with Gasteiger partial charge in [-0.15, -0.1) is 0 Å². The second kappa shape index (κ2) is 8.45. The Balaban J connectivity index is 2.51. The Kier molecular flexibility index (Phi) is 6.56. The summed E-state index contributed by atoms with van der Waals surface area (Å²) in [6.45, 7) is 4.91. The van der Waals surface area contributed by atoms with E-state index in [2.05, 4.69) is 0 Å². The summed E-state index contributed by atoms with van der Waals surface area (Å²) >= 11 is -4.65. The van der Waals surface area contributed by atoms with Crippen molar-refractivity contribution in [2.45, 2.75) is 44.3 Å². The fraction of sp³-hybridized carbons (Fsp3) is 0.389. The third kappa shape index (κ3) is 4.38. The molecule has 25 heavy (non-hydrogen) atoms. The topological polar surface area (TPSA) is 78.9 Å². The van der Waals surface area contributed by atoms with Crippen LogP contribution in [0.4, 0.5) is 0 Å². The van der Waals surface area contributed by atoms with E-state index in [4.69, 9.17) is 9.96 Å². The number of carbonyl (C=O) groups is 3. The molecule has 0 spiro atoms. The average molecular weight is 382 g/mol. The molecule has 1 aromatic carbocycles. The van der Waals surface area contributed by atoms with Crippen molar-refractivity contribution < 1.29 is 42.1 Å². The van der Waals surface area contributed by atoms with Crippen LogP contribution >= 0.6 is 0 Å². The van der Waals surface area contributed by atoms with Gasteiger partial charge in [-0.25, -0.2) is 0 Å². The van der Waals surface area contributed by atoms with Gasteiger partial charge in [-0.2, -0.15) is 0 Å². The standard InChI is InChI=1S/C9H7.3C3H6O2.Ti/c1-2-5-9-7-3-6-8(9)4-1;3*1-2-3(4)5;/h1-7H;3*2H2,1H3,(H,4,5);/q;;;;+3/p-3. The number of hydrogen-bond acceptors (Lipinski definition) is 6. The van der Waals surface area contributed by atoms with Crippen molar-refractivity contribution in [3.63, 3.8) is 0 Å². The summed E-state index contributed by atoms with van der Waals surface area (Å²) in [4.78, 5) is 36.2. The van der Waals surface area contributed by atoms with E-state index in [1.165, 1.54) is 0 Å². The first-order chi connectivity index (χ1) is 12.0. The quantitative estimate of drug-likeness (QED) is 0.672. The second-order valence-electron chi connectivity index (χ2n) is 5.55. The summed E-state index contributed by atoms with van der Waals surface area (Å²) in [6, 6.07) is 7.49. The Morgan fingerprint density at radius 2 is 1.36 bits per heavy atom. The average Bonchev–Trinajstić information content (AvgIpc) is 3.05. The van der Waals surface area contributed by atoms with E-state index in [-0.39, 0.29) is 19.3 Å². The van der Waals surface area contributed by atoms with Gasteiger partial charge in [0.2, 0.25) is 0 Å². The summed E-state index contributed by atoms with van der Waals surface area (Å²) in [7, 11) is 0. The van der Waals surface area contributed by atoms with Crippen molar-refractivity contribution in [3.8, 4) is 0 Å². The molecule has 2 rings (SSSR count). The van der Waals surface area contributed by atoms with Gasteiger partial charge in [0.05, 0.1) is 0 Å². The molecule has 0 N–H and O–H groups in total. The maximum absolute atomic E-state index is 12.1. The Morgan fingerprint density at radius 1 is 0.880 bits per heavy atom. The molecule has 0 heterocycles. The normalized spacial score (nSPS) is 15.4. The summed E-state index contributed by atoms with van der Waals surface area (Å²) < 4.78 is 16.2. The first kappa shape index (κ1) is 19.4. The Labute approximate surface area is 151 Å². The number of hydrogen-bond donors (Lipinski definition) is 0. The van der Waals surface area contributed by atoms with Crippen molar-refractivity contribution in [1.82, 2.24) is 0 Å². The third-order valence-corrected chi connectivity index (χ3v) is 8.19. The summed E-state index contributed by atoms with van der Waals surface area (Å²) in [6.07, 6.45) is 3.94. The number of rotatable bonds is 7. The zero-order valence-electron chi connectivity index (χ0n) is 14.6. The maximum atomic E-state index is 12.1. The molecule has 0 saturated heterocycles. The van der Waals surface area contributed by atoms with E-state index < -0.39 is 39.9 Å². The van der Waals surface area contributed by atoms with Gasteiger partial charge in [-0.05, 0) is 0 Å².